The third kappa shape index (κ3) is 1.33. The zero-order chi connectivity index (χ0) is 8.39. The first-order valence-corrected chi connectivity index (χ1v) is 4.21. The number of aromatic nitrogens is 1. The lowest BCUT2D eigenvalue weighted by Crippen LogP contribution is -2.23. The molecule has 1 atom stereocenters. The Balaban J connectivity index is 2.19. The molecule has 3 heteroatoms. The Morgan fingerprint density at radius 2 is 2.25 bits per heavy atom. The van der Waals surface area contributed by atoms with Crippen LogP contribution >= 0.6 is 0 Å². The van der Waals surface area contributed by atoms with Crippen LogP contribution < -0.4 is 5.32 Å². The summed E-state index contributed by atoms with van der Waals surface area (Å²) >= 11 is 0. The molecule has 12 heavy (non-hydrogen) atoms. The standard InChI is InChI=1S/C9H13N3/c1-12-7-6-11-9(12)8-2-4-10-5-3-8/h2-5,9,11H,6-7H2,1H3/t9-/m0/s1. The summed E-state index contributed by atoms with van der Waals surface area (Å²) in [5.41, 5.74) is 1.30. The largest absolute Gasteiger partial charge is 0.297 e. The highest BCUT2D eigenvalue weighted by molar-refractivity contribution is 5.15. The predicted octanol–water partition coefficient (Wildman–Crippen LogP) is 0.615. The van der Waals surface area contributed by atoms with Crippen LogP contribution in [0.5, 0.6) is 0 Å². The molecule has 1 aromatic rings. The van der Waals surface area contributed by atoms with Gasteiger partial charge in [0.25, 0.3) is 0 Å². The molecule has 0 radical (unpaired) electrons. The van der Waals surface area contributed by atoms with E-state index in [-0.39, 0.29) is 0 Å². The highest BCUT2D eigenvalue weighted by atomic mass is 15.3. The van der Waals surface area contributed by atoms with Crippen molar-refractivity contribution < 1.29 is 0 Å². The minimum absolute atomic E-state index is 0.382. The van der Waals surface area contributed by atoms with Crippen molar-refractivity contribution in [1.29, 1.82) is 0 Å². The summed E-state index contributed by atoms with van der Waals surface area (Å²) in [4.78, 5) is 6.30. The highest BCUT2D eigenvalue weighted by Crippen LogP contribution is 2.17. The van der Waals surface area contributed by atoms with Crippen LogP contribution in [0.15, 0.2) is 24.5 Å². The molecule has 0 spiro atoms. The van der Waals surface area contributed by atoms with Gasteiger partial charge in [-0.05, 0) is 24.7 Å². The van der Waals surface area contributed by atoms with Gasteiger partial charge in [-0.1, -0.05) is 0 Å². The number of hydrogen-bond donors (Lipinski definition) is 1. The number of rotatable bonds is 1. The van der Waals surface area contributed by atoms with E-state index in [0.29, 0.717) is 6.17 Å². The van der Waals surface area contributed by atoms with Crippen molar-refractivity contribution in [1.82, 2.24) is 15.2 Å². The second kappa shape index (κ2) is 3.21. The molecule has 3 nitrogen and oxygen atoms in total. The van der Waals surface area contributed by atoms with Gasteiger partial charge < -0.3 is 0 Å². The van der Waals surface area contributed by atoms with Crippen LogP contribution in [0.1, 0.15) is 11.7 Å². The summed E-state index contributed by atoms with van der Waals surface area (Å²) in [6, 6.07) is 4.11. The maximum Gasteiger partial charge on any atom is 0.0860 e. The van der Waals surface area contributed by atoms with Gasteiger partial charge in [0, 0.05) is 25.5 Å². The molecule has 0 bridgehead atoms. The molecular formula is C9H13N3. The Morgan fingerprint density at radius 1 is 1.50 bits per heavy atom. The van der Waals surface area contributed by atoms with Crippen LogP contribution in [0.3, 0.4) is 0 Å². The fourth-order valence-corrected chi connectivity index (χ4v) is 1.58. The Morgan fingerprint density at radius 3 is 2.83 bits per heavy atom. The zero-order valence-corrected chi connectivity index (χ0v) is 7.20. The van der Waals surface area contributed by atoms with E-state index in [2.05, 4.69) is 34.4 Å². The average Bonchev–Trinajstić information content (AvgIpc) is 2.53. The summed E-state index contributed by atoms with van der Waals surface area (Å²) in [5, 5.41) is 3.42. The fraction of sp³-hybridized carbons (Fsp3) is 0.444. The van der Waals surface area contributed by atoms with Crippen LogP contribution in [0.25, 0.3) is 0 Å². The first kappa shape index (κ1) is 7.71. The lowest BCUT2D eigenvalue weighted by molar-refractivity contribution is 0.301. The molecule has 1 N–H and O–H groups in total. The maximum absolute atomic E-state index is 4.00. The minimum Gasteiger partial charge on any atom is -0.297 e. The van der Waals surface area contributed by atoms with Crippen LogP contribution in [0.4, 0.5) is 0 Å². The van der Waals surface area contributed by atoms with Gasteiger partial charge in [-0.3, -0.25) is 15.2 Å². The Hall–Kier alpha value is -0.930. The molecule has 2 heterocycles. The van der Waals surface area contributed by atoms with E-state index < -0.39 is 0 Å². The third-order valence-electron chi connectivity index (χ3n) is 2.26. The topological polar surface area (TPSA) is 28.2 Å². The average molecular weight is 163 g/mol. The van der Waals surface area contributed by atoms with E-state index in [0.717, 1.165) is 13.1 Å². The van der Waals surface area contributed by atoms with Crippen molar-refractivity contribution in [3.8, 4) is 0 Å². The molecule has 64 valence electrons. The summed E-state index contributed by atoms with van der Waals surface area (Å²) in [5.74, 6) is 0. The van der Waals surface area contributed by atoms with Gasteiger partial charge >= 0.3 is 0 Å². The molecule has 2 rings (SSSR count). The Kier molecular flexibility index (Phi) is 2.06. The van der Waals surface area contributed by atoms with Gasteiger partial charge in [0.05, 0.1) is 6.17 Å². The Labute approximate surface area is 72.4 Å². The monoisotopic (exact) mass is 163 g/mol. The number of pyridine rings is 1. The molecule has 0 unspecified atom stereocenters. The third-order valence-corrected chi connectivity index (χ3v) is 2.26. The summed E-state index contributed by atoms with van der Waals surface area (Å²) in [7, 11) is 2.13. The molecule has 1 aliphatic heterocycles. The minimum atomic E-state index is 0.382. The zero-order valence-electron chi connectivity index (χ0n) is 7.20. The number of nitrogens with one attached hydrogen (secondary N) is 1. The molecular weight excluding hydrogens is 150 g/mol. The van der Waals surface area contributed by atoms with Crippen LogP contribution in [0, 0.1) is 0 Å². The van der Waals surface area contributed by atoms with Crippen LogP contribution in [0.2, 0.25) is 0 Å². The quantitative estimate of drug-likeness (QED) is 0.657. The molecule has 0 saturated carbocycles. The van der Waals surface area contributed by atoms with Crippen LogP contribution in [-0.2, 0) is 0 Å². The predicted molar refractivity (Wildman–Crippen MR) is 47.6 cm³/mol. The van der Waals surface area contributed by atoms with E-state index in [1.54, 1.807) is 0 Å². The summed E-state index contributed by atoms with van der Waals surface area (Å²) in [6.45, 7) is 2.19. The van der Waals surface area contributed by atoms with E-state index in [4.69, 9.17) is 0 Å². The number of hydrogen-bond acceptors (Lipinski definition) is 3. The molecule has 1 aromatic heterocycles. The van der Waals surface area contributed by atoms with Gasteiger partial charge in [0.1, 0.15) is 0 Å². The van der Waals surface area contributed by atoms with Crippen LogP contribution in [-0.4, -0.2) is 30.0 Å². The molecule has 0 aromatic carbocycles. The maximum atomic E-state index is 4.00. The fourth-order valence-electron chi connectivity index (χ4n) is 1.58. The SMILES string of the molecule is CN1CCN[C@@H]1c1ccncc1. The molecule has 0 aliphatic carbocycles. The number of nitrogens with zero attached hydrogens (tertiary/aromatic N) is 2. The second-order valence-electron chi connectivity index (χ2n) is 3.12. The van der Waals surface area contributed by atoms with Crippen molar-refractivity contribution >= 4 is 0 Å². The summed E-state index contributed by atoms with van der Waals surface area (Å²) < 4.78 is 0. The van der Waals surface area contributed by atoms with Crippen molar-refractivity contribution in [2.45, 2.75) is 6.17 Å². The van der Waals surface area contributed by atoms with Gasteiger partial charge in [-0.2, -0.15) is 0 Å². The lowest BCUT2D eigenvalue weighted by atomic mass is 10.2. The van der Waals surface area contributed by atoms with E-state index in [9.17, 15) is 0 Å². The first-order valence-electron chi connectivity index (χ1n) is 4.21. The Bertz CT molecular complexity index is 247. The van der Waals surface area contributed by atoms with Gasteiger partial charge in [0.15, 0.2) is 0 Å². The number of likely N-dealkylation sites (N-methyl/N-ethyl adjacent to an activating group) is 1. The molecule has 1 fully saturated rings. The van der Waals surface area contributed by atoms with E-state index in [1.165, 1.54) is 5.56 Å². The van der Waals surface area contributed by atoms with Crippen molar-refractivity contribution in [2.24, 2.45) is 0 Å². The van der Waals surface area contributed by atoms with Gasteiger partial charge in [0.2, 0.25) is 0 Å². The summed E-state index contributed by atoms with van der Waals surface area (Å²) in [6.07, 6.45) is 4.06. The smallest absolute Gasteiger partial charge is 0.0860 e. The normalized spacial score (nSPS) is 24.6. The lowest BCUT2D eigenvalue weighted by Gasteiger charge is -2.18. The van der Waals surface area contributed by atoms with Crippen molar-refractivity contribution in [3.05, 3.63) is 30.1 Å². The van der Waals surface area contributed by atoms with Crippen molar-refractivity contribution in [3.63, 3.8) is 0 Å². The molecule has 1 saturated heterocycles. The van der Waals surface area contributed by atoms with E-state index in [1.807, 2.05) is 12.4 Å². The first-order chi connectivity index (χ1) is 5.88. The van der Waals surface area contributed by atoms with Crippen molar-refractivity contribution in [2.75, 3.05) is 20.1 Å². The van der Waals surface area contributed by atoms with Gasteiger partial charge in [-0.15, -0.1) is 0 Å². The molecule has 1 aliphatic rings. The second-order valence-corrected chi connectivity index (χ2v) is 3.12. The van der Waals surface area contributed by atoms with Gasteiger partial charge in [-0.25, -0.2) is 0 Å². The molecule has 0 amide bonds. The highest BCUT2D eigenvalue weighted by Gasteiger charge is 2.20. The van der Waals surface area contributed by atoms with E-state index >= 15 is 0 Å².